The molecule has 6 bridgehead atoms. The zero-order valence-corrected chi connectivity index (χ0v) is 38.9. The van der Waals surface area contributed by atoms with E-state index in [1.807, 2.05) is 30.3 Å². The zero-order valence-electron chi connectivity index (χ0n) is 38.9. The van der Waals surface area contributed by atoms with E-state index < -0.39 is 71.7 Å². The number of fused-ring (bicyclic) bond motifs is 2. The van der Waals surface area contributed by atoms with Crippen molar-refractivity contribution in [1.82, 2.24) is 30.7 Å². The van der Waals surface area contributed by atoms with Crippen molar-refractivity contribution in [1.29, 1.82) is 0 Å². The van der Waals surface area contributed by atoms with Gasteiger partial charge in [0.25, 0.3) is 0 Å². The Bertz CT molecular complexity index is 2360. The number of carbonyl (C=O) groups is 6. The first kappa shape index (κ1) is 48.4. The Morgan fingerprint density at radius 2 is 1.24 bits per heavy atom. The van der Waals surface area contributed by atoms with Gasteiger partial charge in [0.05, 0.1) is 13.7 Å². The summed E-state index contributed by atoms with van der Waals surface area (Å²) < 4.78 is 18.1. The van der Waals surface area contributed by atoms with Crippen LogP contribution >= 0.6 is 0 Å². The first-order valence-corrected chi connectivity index (χ1v) is 22.2. The van der Waals surface area contributed by atoms with Crippen LogP contribution in [0.15, 0.2) is 97.1 Å². The van der Waals surface area contributed by atoms with Gasteiger partial charge in [0.15, 0.2) is 11.5 Å². The lowest BCUT2D eigenvalue weighted by molar-refractivity contribution is -0.149. The molecule has 0 aromatic heterocycles. The smallest absolute Gasteiger partial charge is 0.246 e. The molecular weight excluding hydrogens is 843 g/mol. The molecule has 66 heavy (non-hydrogen) atoms. The van der Waals surface area contributed by atoms with Crippen LogP contribution in [0.4, 0.5) is 5.69 Å². The molecule has 3 N–H and O–H groups in total. The number of hydrogen-bond acceptors (Lipinski definition) is 10. The predicted molar refractivity (Wildman–Crippen MR) is 249 cm³/mol. The number of anilines is 1. The minimum absolute atomic E-state index is 0.0135. The average molecular weight is 904 g/mol. The third-order valence-electron chi connectivity index (χ3n) is 12.3. The molecule has 3 aliphatic rings. The Morgan fingerprint density at radius 1 is 0.652 bits per heavy atom. The third kappa shape index (κ3) is 11.6. The quantitative estimate of drug-likeness (QED) is 0.224. The van der Waals surface area contributed by atoms with Crippen molar-refractivity contribution >= 4 is 41.1 Å². The van der Waals surface area contributed by atoms with Gasteiger partial charge in [-0.1, -0.05) is 48.5 Å². The molecule has 3 heterocycles. The maximum atomic E-state index is 14.9. The van der Waals surface area contributed by atoms with E-state index in [1.165, 1.54) is 63.7 Å². The minimum atomic E-state index is -1.19. The molecule has 0 aliphatic carbocycles. The van der Waals surface area contributed by atoms with E-state index in [0.717, 1.165) is 12.2 Å². The zero-order chi connectivity index (χ0) is 47.7. The molecule has 7 rings (SSSR count). The molecule has 350 valence electrons. The standard InChI is InChI=1S/C50H61N7O9/c1-9-57(37-13-11-10-12-14-37)25-26-65-43-24-19-36-29-41-46(59)51-31(2)45(58)52-32(3)48(61)54(5)40(27-34-15-20-38(64-8)21-16-34)47(60)53-33(4)49(62)56(7)42(50(63)55(41)6)28-35-17-22-39(23-18-35)66-44(43)30-36/h10-24,30-33,40-42H,9,25-29H2,1-8H3,(H,51,59)(H,52,58)(H,53,60)/t31-,32-,33-,40-,41-,42-/m0/s1. The van der Waals surface area contributed by atoms with Crippen molar-refractivity contribution in [3.05, 3.63) is 114 Å². The lowest BCUT2D eigenvalue weighted by atomic mass is 9.98. The van der Waals surface area contributed by atoms with Crippen LogP contribution < -0.4 is 35.1 Å². The van der Waals surface area contributed by atoms with Gasteiger partial charge >= 0.3 is 0 Å². The molecule has 6 atom stereocenters. The monoisotopic (exact) mass is 903 g/mol. The van der Waals surface area contributed by atoms with E-state index in [-0.39, 0.29) is 19.3 Å². The Hall–Kier alpha value is -7.10. The highest BCUT2D eigenvalue weighted by Crippen LogP contribution is 2.34. The fourth-order valence-corrected chi connectivity index (χ4v) is 8.16. The van der Waals surface area contributed by atoms with Gasteiger partial charge in [-0.05, 0) is 92.9 Å². The summed E-state index contributed by atoms with van der Waals surface area (Å²) in [4.78, 5) is 91.6. The normalized spacial score (nSPS) is 22.3. The van der Waals surface area contributed by atoms with Crippen LogP contribution in [-0.4, -0.2) is 134 Å². The first-order chi connectivity index (χ1) is 31.6. The summed E-state index contributed by atoms with van der Waals surface area (Å²) in [5.41, 5.74) is 3.09. The SMILES string of the molecule is CCN(CCOc1ccc2cc1Oc1ccc(cc1)C[C@H]1C(=O)N(C)[C@@H](C2)C(=O)N[C@@H](C)C(=O)N[C@@H](C)C(=O)N(C)[C@@H](Cc2ccc(OC)cc2)C(=O)N[C@@H](C)C(=O)N1C)c1ccccc1. The summed E-state index contributed by atoms with van der Waals surface area (Å²) >= 11 is 0. The number of carbonyl (C=O) groups excluding carboxylic acids is 6. The lowest BCUT2D eigenvalue weighted by Gasteiger charge is -2.36. The van der Waals surface area contributed by atoms with Crippen LogP contribution in [0.5, 0.6) is 23.0 Å². The Labute approximate surface area is 386 Å². The van der Waals surface area contributed by atoms with Crippen LogP contribution in [0.25, 0.3) is 0 Å². The maximum Gasteiger partial charge on any atom is 0.246 e. The molecule has 4 aromatic carbocycles. The second-order valence-corrected chi connectivity index (χ2v) is 16.8. The van der Waals surface area contributed by atoms with E-state index in [0.29, 0.717) is 52.8 Å². The fourth-order valence-electron chi connectivity index (χ4n) is 8.16. The molecule has 4 aromatic rings. The van der Waals surface area contributed by atoms with Gasteiger partial charge in [-0.3, -0.25) is 28.8 Å². The first-order valence-electron chi connectivity index (χ1n) is 22.2. The number of nitrogens with one attached hydrogen (secondary N) is 3. The van der Waals surface area contributed by atoms with Gasteiger partial charge in [0, 0.05) is 52.6 Å². The molecule has 0 saturated carbocycles. The van der Waals surface area contributed by atoms with Crippen LogP contribution in [-0.2, 0) is 48.0 Å². The van der Waals surface area contributed by atoms with Crippen molar-refractivity contribution in [2.75, 3.05) is 52.8 Å². The number of para-hydroxylation sites is 1. The number of rotatable bonds is 9. The molecule has 16 nitrogen and oxygen atoms in total. The Balaban J connectivity index is 1.35. The third-order valence-corrected chi connectivity index (χ3v) is 12.3. The second kappa shape index (κ2) is 21.7. The van der Waals surface area contributed by atoms with Gasteiger partial charge in [-0.15, -0.1) is 0 Å². The van der Waals surface area contributed by atoms with Crippen molar-refractivity contribution < 1.29 is 43.0 Å². The number of benzene rings is 4. The average Bonchev–Trinajstić information content (AvgIpc) is 3.32. The van der Waals surface area contributed by atoms with E-state index in [4.69, 9.17) is 14.2 Å². The van der Waals surface area contributed by atoms with E-state index in [1.54, 1.807) is 66.7 Å². The molecule has 1 saturated heterocycles. The number of likely N-dealkylation sites (N-methyl/N-ethyl adjacent to an activating group) is 4. The van der Waals surface area contributed by atoms with Crippen LogP contribution in [0.3, 0.4) is 0 Å². The van der Waals surface area contributed by atoms with Gasteiger partial charge in [-0.25, -0.2) is 0 Å². The van der Waals surface area contributed by atoms with Gasteiger partial charge < -0.3 is 49.8 Å². The summed E-state index contributed by atoms with van der Waals surface area (Å²) in [6.45, 7) is 8.29. The maximum absolute atomic E-state index is 14.9. The van der Waals surface area contributed by atoms with Gasteiger partial charge in [0.2, 0.25) is 35.4 Å². The molecule has 3 aliphatic heterocycles. The fraction of sp³-hybridized carbons (Fsp3) is 0.400. The molecule has 16 heteroatoms. The Morgan fingerprint density at radius 3 is 1.89 bits per heavy atom. The number of ether oxygens (including phenoxy) is 3. The second-order valence-electron chi connectivity index (χ2n) is 16.8. The topological polar surface area (TPSA) is 179 Å². The number of hydrogen-bond donors (Lipinski definition) is 3. The van der Waals surface area contributed by atoms with Crippen molar-refractivity contribution in [3.8, 4) is 23.0 Å². The molecule has 0 spiro atoms. The molecular formula is C50H61N7O9. The lowest BCUT2D eigenvalue weighted by Crippen LogP contribution is -2.61. The molecule has 6 amide bonds. The highest BCUT2D eigenvalue weighted by atomic mass is 16.5. The molecule has 0 unspecified atom stereocenters. The number of methoxy groups -OCH3 is 1. The summed E-state index contributed by atoms with van der Waals surface area (Å²) in [5.74, 6) is -1.63. The highest BCUT2D eigenvalue weighted by Gasteiger charge is 2.39. The summed E-state index contributed by atoms with van der Waals surface area (Å²) in [6.07, 6.45) is 0.0999. The van der Waals surface area contributed by atoms with Crippen LogP contribution in [0.1, 0.15) is 44.4 Å². The van der Waals surface area contributed by atoms with E-state index >= 15 is 0 Å². The minimum Gasteiger partial charge on any atom is -0.497 e. The van der Waals surface area contributed by atoms with E-state index in [9.17, 15) is 28.8 Å². The van der Waals surface area contributed by atoms with Crippen molar-refractivity contribution in [3.63, 3.8) is 0 Å². The van der Waals surface area contributed by atoms with Crippen LogP contribution in [0.2, 0.25) is 0 Å². The van der Waals surface area contributed by atoms with Gasteiger partial charge in [-0.2, -0.15) is 0 Å². The summed E-state index contributed by atoms with van der Waals surface area (Å²) in [5, 5.41) is 8.23. The summed E-state index contributed by atoms with van der Waals surface area (Å²) in [6, 6.07) is 22.7. The molecule has 1 fully saturated rings. The largest absolute Gasteiger partial charge is 0.497 e. The number of nitrogens with zero attached hydrogens (tertiary/aromatic N) is 4. The Kier molecular flexibility index (Phi) is 15.9. The van der Waals surface area contributed by atoms with Crippen LogP contribution in [0, 0.1) is 0 Å². The molecule has 0 radical (unpaired) electrons. The van der Waals surface area contributed by atoms with Gasteiger partial charge in [0.1, 0.15) is 54.4 Å². The summed E-state index contributed by atoms with van der Waals surface area (Å²) in [7, 11) is 5.97. The van der Waals surface area contributed by atoms with Crippen molar-refractivity contribution in [2.45, 2.75) is 83.2 Å². The predicted octanol–water partition coefficient (Wildman–Crippen LogP) is 3.74. The van der Waals surface area contributed by atoms with Crippen molar-refractivity contribution in [2.24, 2.45) is 0 Å². The van der Waals surface area contributed by atoms with E-state index in [2.05, 4.69) is 27.8 Å². The number of amides is 6. The highest BCUT2D eigenvalue weighted by molar-refractivity contribution is 5.98.